The second-order valence-corrected chi connectivity index (χ2v) is 7.41. The predicted molar refractivity (Wildman–Crippen MR) is 97.8 cm³/mol. The summed E-state index contributed by atoms with van der Waals surface area (Å²) in [6.07, 6.45) is 8.52. The lowest BCUT2D eigenvalue weighted by Crippen LogP contribution is -2.29. The topological polar surface area (TPSA) is 41.1 Å². The molecule has 126 valence electrons. The van der Waals surface area contributed by atoms with Crippen LogP contribution in [0.3, 0.4) is 0 Å². The minimum Gasteiger partial charge on any atom is -0.325 e. The molecule has 1 aliphatic rings. The average molecular weight is 314 g/mol. The summed E-state index contributed by atoms with van der Waals surface area (Å²) in [6.45, 7) is 7.81. The predicted octanol–water partition coefficient (Wildman–Crippen LogP) is 4.40. The van der Waals surface area contributed by atoms with Crippen molar-refractivity contribution in [2.24, 2.45) is 0 Å². The van der Waals surface area contributed by atoms with Crippen LogP contribution in [0.5, 0.6) is 0 Å². The molecule has 0 aliphatic heterocycles. The van der Waals surface area contributed by atoms with Crippen LogP contribution in [0.25, 0.3) is 0 Å². The van der Waals surface area contributed by atoms with Gasteiger partial charge in [0.05, 0.1) is 6.54 Å². The molecule has 0 saturated carbocycles. The third-order valence-electron chi connectivity index (χ3n) is 4.33. The van der Waals surface area contributed by atoms with Crippen LogP contribution in [0.2, 0.25) is 0 Å². The van der Waals surface area contributed by atoms with Gasteiger partial charge in [0.25, 0.3) is 0 Å². The van der Waals surface area contributed by atoms with Gasteiger partial charge in [-0.2, -0.15) is 0 Å². The molecule has 3 nitrogen and oxygen atoms in total. The first-order valence-corrected chi connectivity index (χ1v) is 8.74. The summed E-state index contributed by atoms with van der Waals surface area (Å²) < 4.78 is 0. The Balaban J connectivity index is 1.69. The van der Waals surface area contributed by atoms with Crippen molar-refractivity contribution in [1.82, 2.24) is 5.32 Å². The Kier molecular flexibility index (Phi) is 6.40. The van der Waals surface area contributed by atoms with E-state index in [-0.39, 0.29) is 11.3 Å². The molecule has 23 heavy (non-hydrogen) atoms. The highest BCUT2D eigenvalue weighted by Crippen LogP contribution is 2.23. The number of hydrogen-bond donors (Lipinski definition) is 2. The van der Waals surface area contributed by atoms with Crippen molar-refractivity contribution in [3.05, 3.63) is 41.5 Å². The van der Waals surface area contributed by atoms with Crippen LogP contribution in [0.4, 0.5) is 5.69 Å². The third kappa shape index (κ3) is 6.19. The minimum atomic E-state index is 0.0196. The zero-order valence-corrected chi connectivity index (χ0v) is 14.7. The molecule has 0 radical (unpaired) electrons. The number of anilines is 1. The summed E-state index contributed by atoms with van der Waals surface area (Å²) >= 11 is 0. The lowest BCUT2D eigenvalue weighted by Gasteiger charge is -2.19. The van der Waals surface area contributed by atoms with Crippen molar-refractivity contribution < 1.29 is 4.79 Å². The first-order valence-electron chi connectivity index (χ1n) is 8.74. The number of hydrogen-bond acceptors (Lipinski definition) is 2. The summed E-state index contributed by atoms with van der Waals surface area (Å²) in [5.74, 6) is 0.0196. The lowest BCUT2D eigenvalue weighted by molar-refractivity contribution is -0.115. The molecule has 0 saturated heterocycles. The van der Waals surface area contributed by atoms with Crippen LogP contribution in [-0.2, 0) is 10.2 Å². The van der Waals surface area contributed by atoms with Gasteiger partial charge < -0.3 is 10.6 Å². The summed E-state index contributed by atoms with van der Waals surface area (Å²) in [6, 6.07) is 8.12. The van der Waals surface area contributed by atoms with Gasteiger partial charge in [-0.15, -0.1) is 0 Å². The standard InChI is InChI=1S/C20H30N2O/c1-20(2,3)17-9-11-18(12-10-17)22-19(23)15-21-14-13-16-7-5-4-6-8-16/h7,9-12,21H,4-6,8,13-15H2,1-3H3,(H,22,23). The molecule has 0 heterocycles. The smallest absolute Gasteiger partial charge is 0.238 e. The van der Waals surface area contributed by atoms with Crippen LogP contribution in [0, 0.1) is 0 Å². The van der Waals surface area contributed by atoms with Crippen LogP contribution in [-0.4, -0.2) is 19.0 Å². The molecule has 0 bridgehead atoms. The molecule has 3 heteroatoms. The van der Waals surface area contributed by atoms with Crippen molar-refractivity contribution in [3.63, 3.8) is 0 Å². The van der Waals surface area contributed by atoms with E-state index in [1.165, 1.54) is 31.2 Å². The highest BCUT2D eigenvalue weighted by molar-refractivity contribution is 5.92. The number of nitrogens with one attached hydrogen (secondary N) is 2. The lowest BCUT2D eigenvalue weighted by atomic mass is 9.87. The Morgan fingerprint density at radius 1 is 1.13 bits per heavy atom. The molecule has 0 spiro atoms. The van der Waals surface area contributed by atoms with Crippen molar-refractivity contribution in [1.29, 1.82) is 0 Å². The Hall–Kier alpha value is -1.61. The number of carbonyl (C=O) groups excluding carboxylic acids is 1. The fourth-order valence-corrected chi connectivity index (χ4v) is 2.84. The van der Waals surface area contributed by atoms with E-state index < -0.39 is 0 Å². The van der Waals surface area contributed by atoms with Gasteiger partial charge >= 0.3 is 0 Å². The van der Waals surface area contributed by atoms with E-state index in [0.717, 1.165) is 18.7 Å². The number of rotatable bonds is 6. The molecule has 1 aromatic rings. The zero-order chi connectivity index (χ0) is 16.7. The molecular formula is C20H30N2O. The summed E-state index contributed by atoms with van der Waals surface area (Å²) in [5.41, 5.74) is 3.81. The Morgan fingerprint density at radius 2 is 1.87 bits per heavy atom. The normalized spacial score (nSPS) is 15.2. The van der Waals surface area contributed by atoms with Crippen LogP contribution in [0.1, 0.15) is 58.4 Å². The van der Waals surface area contributed by atoms with Gasteiger partial charge in [-0.1, -0.05) is 44.6 Å². The van der Waals surface area contributed by atoms with Gasteiger partial charge in [0.2, 0.25) is 5.91 Å². The molecule has 1 amide bonds. The van der Waals surface area contributed by atoms with Crippen molar-refractivity contribution in [2.45, 2.75) is 58.3 Å². The maximum atomic E-state index is 12.0. The van der Waals surface area contributed by atoms with Gasteiger partial charge in [0.1, 0.15) is 0 Å². The third-order valence-corrected chi connectivity index (χ3v) is 4.33. The maximum absolute atomic E-state index is 12.0. The molecule has 0 atom stereocenters. The molecule has 1 aromatic carbocycles. The van der Waals surface area contributed by atoms with Gasteiger partial charge in [0, 0.05) is 5.69 Å². The first kappa shape index (κ1) is 17.7. The quantitative estimate of drug-likeness (QED) is 0.603. The van der Waals surface area contributed by atoms with E-state index in [4.69, 9.17) is 0 Å². The first-order chi connectivity index (χ1) is 10.9. The second kappa shape index (κ2) is 8.30. The van der Waals surface area contributed by atoms with Gasteiger partial charge in [-0.3, -0.25) is 4.79 Å². The summed E-state index contributed by atoms with van der Waals surface area (Å²) in [5, 5.41) is 6.18. The fourth-order valence-electron chi connectivity index (χ4n) is 2.84. The highest BCUT2D eigenvalue weighted by atomic mass is 16.1. The maximum Gasteiger partial charge on any atom is 0.238 e. The van der Waals surface area contributed by atoms with Crippen LogP contribution >= 0.6 is 0 Å². The van der Waals surface area contributed by atoms with E-state index in [2.05, 4.69) is 49.6 Å². The van der Waals surface area contributed by atoms with Crippen LogP contribution < -0.4 is 10.6 Å². The molecule has 1 aliphatic carbocycles. The summed E-state index contributed by atoms with van der Waals surface area (Å²) in [4.78, 5) is 12.0. The molecule has 2 rings (SSSR count). The fraction of sp³-hybridized carbons (Fsp3) is 0.550. The molecular weight excluding hydrogens is 284 g/mol. The van der Waals surface area contributed by atoms with Gasteiger partial charge in [-0.05, 0) is 61.8 Å². The molecule has 0 unspecified atom stereocenters. The number of benzene rings is 1. The second-order valence-electron chi connectivity index (χ2n) is 7.41. The van der Waals surface area contributed by atoms with Crippen molar-refractivity contribution in [2.75, 3.05) is 18.4 Å². The van der Waals surface area contributed by atoms with Crippen molar-refractivity contribution in [3.8, 4) is 0 Å². The molecule has 0 aromatic heterocycles. The Bertz CT molecular complexity index is 538. The minimum absolute atomic E-state index is 0.0196. The Morgan fingerprint density at radius 3 is 2.48 bits per heavy atom. The number of carbonyl (C=O) groups is 1. The van der Waals surface area contributed by atoms with E-state index in [1.807, 2.05) is 12.1 Å². The largest absolute Gasteiger partial charge is 0.325 e. The highest BCUT2D eigenvalue weighted by Gasteiger charge is 2.13. The van der Waals surface area contributed by atoms with Crippen molar-refractivity contribution >= 4 is 11.6 Å². The van der Waals surface area contributed by atoms with Crippen LogP contribution in [0.15, 0.2) is 35.9 Å². The van der Waals surface area contributed by atoms with Gasteiger partial charge in [-0.25, -0.2) is 0 Å². The van der Waals surface area contributed by atoms with E-state index >= 15 is 0 Å². The number of amides is 1. The number of allylic oxidation sites excluding steroid dienone is 1. The zero-order valence-electron chi connectivity index (χ0n) is 14.7. The van der Waals surface area contributed by atoms with E-state index in [1.54, 1.807) is 5.57 Å². The Labute approximate surface area is 140 Å². The van der Waals surface area contributed by atoms with E-state index in [9.17, 15) is 4.79 Å². The van der Waals surface area contributed by atoms with Gasteiger partial charge in [0.15, 0.2) is 0 Å². The van der Waals surface area contributed by atoms with E-state index in [0.29, 0.717) is 6.54 Å². The monoisotopic (exact) mass is 314 g/mol. The average Bonchev–Trinajstić information content (AvgIpc) is 2.52. The summed E-state index contributed by atoms with van der Waals surface area (Å²) in [7, 11) is 0. The SMILES string of the molecule is CC(C)(C)c1ccc(NC(=O)CNCCC2=CCCCC2)cc1. The molecule has 2 N–H and O–H groups in total. The molecule has 0 fully saturated rings.